The summed E-state index contributed by atoms with van der Waals surface area (Å²) in [6, 6.07) is 0. The fourth-order valence-corrected chi connectivity index (χ4v) is 2.42. The molecule has 1 heterocycles. The molecule has 0 aliphatic carbocycles. The van der Waals surface area contributed by atoms with Gasteiger partial charge in [0.15, 0.2) is 0 Å². The lowest BCUT2D eigenvalue weighted by Gasteiger charge is -2.29. The van der Waals surface area contributed by atoms with Gasteiger partial charge < -0.3 is 15.2 Å². The number of carbonyl (C=O) groups excluding carboxylic acids is 1. The van der Waals surface area contributed by atoms with E-state index in [1.165, 1.54) is 0 Å². The molecule has 23 heavy (non-hydrogen) atoms. The number of hydrogen-bond acceptors (Lipinski definition) is 4. The molecule has 0 saturated heterocycles. The molecular formula is C16H28ClN3O3. The maximum absolute atomic E-state index is 11.8. The van der Waals surface area contributed by atoms with Gasteiger partial charge in [-0.05, 0) is 34.6 Å². The Hall–Kier alpha value is -1.27. The van der Waals surface area contributed by atoms with Crippen LogP contribution in [-0.2, 0) is 17.7 Å². The smallest absolute Gasteiger partial charge is 0.407 e. The summed E-state index contributed by atoms with van der Waals surface area (Å²) >= 11 is 6.33. The van der Waals surface area contributed by atoms with Crippen molar-refractivity contribution >= 4 is 17.7 Å². The summed E-state index contributed by atoms with van der Waals surface area (Å²) in [5, 5.41) is 17.5. The highest BCUT2D eigenvalue weighted by atomic mass is 35.5. The van der Waals surface area contributed by atoms with Crippen molar-refractivity contribution < 1.29 is 14.6 Å². The first-order valence-electron chi connectivity index (χ1n) is 7.81. The number of rotatable bonds is 6. The van der Waals surface area contributed by atoms with Crippen molar-refractivity contribution in [2.45, 2.75) is 60.1 Å². The normalized spacial score (nSPS) is 14.4. The van der Waals surface area contributed by atoms with Gasteiger partial charge in [0.05, 0.1) is 23.0 Å². The second kappa shape index (κ2) is 7.53. The van der Waals surface area contributed by atoms with Crippen LogP contribution in [0.2, 0.25) is 5.02 Å². The maximum atomic E-state index is 11.8. The largest absolute Gasteiger partial charge is 0.444 e. The standard InChI is InChI=1S/C16H28ClN3O3/c1-7-20-12(13(17)11(2)19-20)8-16(6,10-21)9-18-14(22)23-15(3,4)5/h21H,7-10H2,1-6H3,(H,18,22). The van der Waals surface area contributed by atoms with Crippen molar-refractivity contribution in [1.29, 1.82) is 0 Å². The van der Waals surface area contributed by atoms with Crippen molar-refractivity contribution in [1.82, 2.24) is 15.1 Å². The highest BCUT2D eigenvalue weighted by molar-refractivity contribution is 6.31. The summed E-state index contributed by atoms with van der Waals surface area (Å²) in [6.45, 7) is 12.0. The fraction of sp³-hybridized carbons (Fsp3) is 0.750. The molecule has 1 aromatic heterocycles. The van der Waals surface area contributed by atoms with Crippen LogP contribution in [0.3, 0.4) is 0 Å². The number of ether oxygens (including phenoxy) is 1. The minimum absolute atomic E-state index is 0.0902. The Bertz CT molecular complexity index is 552. The summed E-state index contributed by atoms with van der Waals surface area (Å²) in [4.78, 5) is 11.8. The minimum atomic E-state index is -0.556. The number of hydrogen-bond donors (Lipinski definition) is 2. The van der Waals surface area contributed by atoms with Crippen LogP contribution in [0.25, 0.3) is 0 Å². The number of aliphatic hydroxyl groups is 1. The van der Waals surface area contributed by atoms with Crippen LogP contribution < -0.4 is 5.32 Å². The lowest BCUT2D eigenvalue weighted by Crippen LogP contribution is -2.42. The molecule has 0 aliphatic rings. The summed E-state index contributed by atoms with van der Waals surface area (Å²) in [5.74, 6) is 0. The van der Waals surface area contributed by atoms with E-state index in [0.29, 0.717) is 18.0 Å². The number of halogens is 1. The third kappa shape index (κ3) is 5.70. The zero-order chi connectivity index (χ0) is 17.8. The lowest BCUT2D eigenvalue weighted by atomic mass is 9.86. The molecule has 1 aromatic rings. The van der Waals surface area contributed by atoms with Gasteiger partial charge in [0.25, 0.3) is 0 Å². The van der Waals surface area contributed by atoms with Crippen molar-refractivity contribution in [3.8, 4) is 0 Å². The van der Waals surface area contributed by atoms with E-state index in [1.54, 1.807) is 20.8 Å². The van der Waals surface area contributed by atoms with Gasteiger partial charge in [-0.15, -0.1) is 0 Å². The highest BCUT2D eigenvalue weighted by Gasteiger charge is 2.29. The van der Waals surface area contributed by atoms with Crippen LogP contribution >= 0.6 is 11.6 Å². The van der Waals surface area contributed by atoms with Crippen LogP contribution in [-0.4, -0.2) is 39.7 Å². The number of nitrogens with zero attached hydrogens (tertiary/aromatic N) is 2. The number of nitrogens with one attached hydrogen (secondary N) is 1. The second-order valence-electron chi connectivity index (χ2n) is 7.16. The Morgan fingerprint density at radius 1 is 1.39 bits per heavy atom. The zero-order valence-electron chi connectivity index (χ0n) is 14.9. The average Bonchev–Trinajstić information content (AvgIpc) is 2.71. The van der Waals surface area contributed by atoms with Gasteiger partial charge in [0, 0.05) is 24.9 Å². The Morgan fingerprint density at radius 3 is 2.48 bits per heavy atom. The van der Waals surface area contributed by atoms with Crippen molar-refractivity contribution in [2.24, 2.45) is 5.41 Å². The van der Waals surface area contributed by atoms with Gasteiger partial charge in [-0.25, -0.2) is 4.79 Å². The predicted octanol–water partition coefficient (Wildman–Crippen LogP) is 2.93. The number of alkyl carbamates (subject to hydrolysis) is 1. The molecule has 132 valence electrons. The summed E-state index contributed by atoms with van der Waals surface area (Å²) in [5.41, 5.74) is 0.527. The van der Waals surface area contributed by atoms with Gasteiger partial charge in [0.1, 0.15) is 5.60 Å². The number of amides is 1. The zero-order valence-corrected chi connectivity index (χ0v) is 15.6. The molecule has 6 nitrogen and oxygen atoms in total. The number of aryl methyl sites for hydroxylation is 2. The predicted molar refractivity (Wildman–Crippen MR) is 90.8 cm³/mol. The van der Waals surface area contributed by atoms with E-state index in [9.17, 15) is 9.90 Å². The molecule has 0 saturated carbocycles. The average molecular weight is 346 g/mol. The van der Waals surface area contributed by atoms with E-state index in [-0.39, 0.29) is 13.2 Å². The number of aromatic nitrogens is 2. The third-order valence-corrected chi connectivity index (χ3v) is 3.98. The quantitative estimate of drug-likeness (QED) is 0.831. The van der Waals surface area contributed by atoms with E-state index in [4.69, 9.17) is 16.3 Å². The van der Waals surface area contributed by atoms with Gasteiger partial charge in [-0.1, -0.05) is 18.5 Å². The molecular weight excluding hydrogens is 318 g/mol. The molecule has 0 spiro atoms. The molecule has 0 bridgehead atoms. The van der Waals surface area contributed by atoms with Gasteiger partial charge >= 0.3 is 6.09 Å². The van der Waals surface area contributed by atoms with E-state index < -0.39 is 17.1 Å². The van der Waals surface area contributed by atoms with Crippen molar-refractivity contribution in [2.75, 3.05) is 13.2 Å². The minimum Gasteiger partial charge on any atom is -0.444 e. The molecule has 0 aromatic carbocycles. The summed E-state index contributed by atoms with van der Waals surface area (Å²) < 4.78 is 7.06. The first-order valence-corrected chi connectivity index (χ1v) is 8.18. The molecule has 0 fully saturated rings. The Labute approximate surface area is 143 Å². The fourth-order valence-electron chi connectivity index (χ4n) is 2.22. The lowest BCUT2D eigenvalue weighted by molar-refractivity contribution is 0.0477. The van der Waals surface area contributed by atoms with Crippen LogP contribution in [0.5, 0.6) is 0 Å². The van der Waals surface area contributed by atoms with Gasteiger partial charge in [0.2, 0.25) is 0 Å². The van der Waals surface area contributed by atoms with Crippen molar-refractivity contribution in [3.05, 3.63) is 16.4 Å². The van der Waals surface area contributed by atoms with E-state index in [0.717, 1.165) is 11.4 Å². The summed E-state index contributed by atoms with van der Waals surface area (Å²) in [6.07, 6.45) is 0.00995. The molecule has 2 N–H and O–H groups in total. The van der Waals surface area contributed by atoms with E-state index >= 15 is 0 Å². The number of aliphatic hydroxyl groups excluding tert-OH is 1. The Kier molecular flexibility index (Phi) is 6.48. The first kappa shape index (κ1) is 19.8. The highest BCUT2D eigenvalue weighted by Crippen LogP contribution is 2.28. The van der Waals surface area contributed by atoms with Crippen LogP contribution in [0.1, 0.15) is 46.0 Å². The van der Waals surface area contributed by atoms with Crippen LogP contribution in [0.15, 0.2) is 0 Å². The van der Waals surface area contributed by atoms with Crippen molar-refractivity contribution in [3.63, 3.8) is 0 Å². The van der Waals surface area contributed by atoms with Crippen LogP contribution in [0.4, 0.5) is 4.79 Å². The molecule has 0 aliphatic heterocycles. The molecule has 0 radical (unpaired) electrons. The summed E-state index contributed by atoms with van der Waals surface area (Å²) in [7, 11) is 0. The molecule has 1 unspecified atom stereocenters. The van der Waals surface area contributed by atoms with E-state index in [1.807, 2.05) is 25.5 Å². The molecule has 1 atom stereocenters. The third-order valence-electron chi connectivity index (χ3n) is 3.49. The Balaban J connectivity index is 2.80. The van der Waals surface area contributed by atoms with Gasteiger partial charge in [-0.3, -0.25) is 4.68 Å². The monoisotopic (exact) mass is 345 g/mol. The molecule has 7 heteroatoms. The molecule has 1 amide bonds. The second-order valence-corrected chi connectivity index (χ2v) is 7.54. The SMILES string of the molecule is CCn1nc(C)c(Cl)c1CC(C)(CO)CNC(=O)OC(C)(C)C. The maximum Gasteiger partial charge on any atom is 0.407 e. The Morgan fingerprint density at radius 2 is 2.00 bits per heavy atom. The number of carbonyl (C=O) groups is 1. The molecule has 1 rings (SSSR count). The van der Waals surface area contributed by atoms with Crippen LogP contribution in [0, 0.1) is 12.3 Å². The first-order chi connectivity index (χ1) is 10.5. The van der Waals surface area contributed by atoms with E-state index in [2.05, 4.69) is 10.4 Å². The van der Waals surface area contributed by atoms with Gasteiger partial charge in [-0.2, -0.15) is 5.10 Å². The topological polar surface area (TPSA) is 76.4 Å².